The number of hydrogen-bond donors (Lipinski definition) is 1. The zero-order valence-corrected chi connectivity index (χ0v) is 17.5. The number of nitrogens with one attached hydrogen (secondary N) is 1. The fourth-order valence-electron chi connectivity index (χ4n) is 2.86. The lowest BCUT2D eigenvalue weighted by Crippen LogP contribution is -2.29. The molecule has 1 fully saturated rings. The van der Waals surface area contributed by atoms with Crippen LogP contribution in [0.5, 0.6) is 10.8 Å². The Labute approximate surface area is 165 Å². The van der Waals surface area contributed by atoms with Crippen LogP contribution in [0.2, 0.25) is 5.02 Å². The van der Waals surface area contributed by atoms with Gasteiger partial charge in [-0.25, -0.2) is 13.1 Å². The predicted molar refractivity (Wildman–Crippen MR) is 105 cm³/mol. The van der Waals surface area contributed by atoms with Crippen LogP contribution in [0.4, 0.5) is 0 Å². The molecule has 1 aliphatic carbocycles. The molecular weight excluding hydrogens is 446 g/mol. The summed E-state index contributed by atoms with van der Waals surface area (Å²) >= 11 is 10.6. The third-order valence-electron chi connectivity index (χ3n) is 4.19. The Morgan fingerprint density at radius 3 is 2.72 bits per heavy atom. The lowest BCUT2D eigenvalue weighted by molar-refractivity contribution is 0.357. The van der Waals surface area contributed by atoms with Gasteiger partial charge < -0.3 is 4.74 Å². The minimum atomic E-state index is -3.57. The predicted octanol–water partition coefficient (Wildman–Crippen LogP) is 5.81. The highest BCUT2D eigenvalue weighted by Gasteiger charge is 2.23. The minimum absolute atomic E-state index is 0.179. The molecule has 0 radical (unpaired) electrons. The quantitative estimate of drug-likeness (QED) is 0.586. The van der Waals surface area contributed by atoms with Crippen LogP contribution >= 0.6 is 38.9 Å². The first-order valence-electron chi connectivity index (χ1n) is 8.16. The molecule has 0 bridgehead atoms. The van der Waals surface area contributed by atoms with Gasteiger partial charge in [0.2, 0.25) is 15.1 Å². The molecule has 2 aromatic rings. The van der Waals surface area contributed by atoms with Crippen LogP contribution in [0.3, 0.4) is 0 Å². The highest BCUT2D eigenvalue weighted by atomic mass is 79.9. The summed E-state index contributed by atoms with van der Waals surface area (Å²) in [5, 5.41) is 0.667. The van der Waals surface area contributed by atoms with E-state index in [-0.39, 0.29) is 4.21 Å². The SMILES string of the molecule is O=S(=O)(NCC1CCCCC1)c1cc(Cl)c(Oc2cccc(Br)c2)s1. The molecule has 25 heavy (non-hydrogen) atoms. The Hall–Kier alpha value is -0.600. The summed E-state index contributed by atoms with van der Waals surface area (Å²) in [6.07, 6.45) is 5.79. The normalized spacial score (nSPS) is 16.1. The molecule has 0 spiro atoms. The van der Waals surface area contributed by atoms with E-state index in [1.54, 1.807) is 12.1 Å². The number of hydrogen-bond acceptors (Lipinski definition) is 4. The largest absolute Gasteiger partial charge is 0.445 e. The molecule has 1 saturated carbocycles. The number of halogens is 2. The summed E-state index contributed by atoms with van der Waals surface area (Å²) in [5.74, 6) is 1.02. The first-order valence-corrected chi connectivity index (χ1v) is 11.6. The van der Waals surface area contributed by atoms with Crippen LogP contribution in [-0.2, 0) is 10.0 Å². The van der Waals surface area contributed by atoms with Crippen LogP contribution < -0.4 is 9.46 Å². The number of benzene rings is 1. The van der Waals surface area contributed by atoms with Crippen LogP contribution in [-0.4, -0.2) is 15.0 Å². The summed E-state index contributed by atoms with van der Waals surface area (Å²) in [7, 11) is -3.57. The van der Waals surface area contributed by atoms with Gasteiger partial charge >= 0.3 is 0 Å². The second kappa shape index (κ2) is 8.39. The fraction of sp³-hybridized carbons (Fsp3) is 0.412. The molecule has 0 amide bonds. The van der Waals surface area contributed by atoms with E-state index in [1.165, 1.54) is 25.3 Å². The van der Waals surface area contributed by atoms with E-state index in [4.69, 9.17) is 16.3 Å². The van der Waals surface area contributed by atoms with Gasteiger partial charge in [0.1, 0.15) is 9.96 Å². The van der Waals surface area contributed by atoms with Crippen LogP contribution in [0.25, 0.3) is 0 Å². The maximum Gasteiger partial charge on any atom is 0.250 e. The van der Waals surface area contributed by atoms with Gasteiger partial charge in [-0.1, -0.05) is 64.2 Å². The van der Waals surface area contributed by atoms with Crippen molar-refractivity contribution in [3.8, 4) is 10.8 Å². The molecule has 1 aliphatic rings. The van der Waals surface area contributed by atoms with Gasteiger partial charge in [0, 0.05) is 11.0 Å². The highest BCUT2D eigenvalue weighted by Crippen LogP contribution is 2.40. The van der Waals surface area contributed by atoms with Gasteiger partial charge in [-0.2, -0.15) is 0 Å². The Morgan fingerprint density at radius 2 is 2.00 bits per heavy atom. The first-order chi connectivity index (χ1) is 11.9. The van der Waals surface area contributed by atoms with E-state index in [2.05, 4.69) is 20.7 Å². The lowest BCUT2D eigenvalue weighted by Gasteiger charge is -2.21. The van der Waals surface area contributed by atoms with Gasteiger partial charge in [-0.15, -0.1) is 0 Å². The van der Waals surface area contributed by atoms with Crippen molar-refractivity contribution in [2.24, 2.45) is 5.92 Å². The second-order valence-electron chi connectivity index (χ2n) is 6.12. The van der Waals surface area contributed by atoms with Crippen molar-refractivity contribution >= 4 is 48.9 Å². The highest BCUT2D eigenvalue weighted by molar-refractivity contribution is 9.10. The molecule has 8 heteroatoms. The van der Waals surface area contributed by atoms with Crippen molar-refractivity contribution in [1.82, 2.24) is 4.72 Å². The third-order valence-corrected chi connectivity index (χ3v) is 7.99. The molecule has 0 aliphatic heterocycles. The van der Waals surface area contributed by atoms with Gasteiger partial charge in [-0.3, -0.25) is 0 Å². The molecule has 136 valence electrons. The summed E-state index contributed by atoms with van der Waals surface area (Å²) in [6, 6.07) is 8.75. The molecule has 0 unspecified atom stereocenters. The van der Waals surface area contributed by atoms with E-state index in [0.29, 0.717) is 28.3 Å². The van der Waals surface area contributed by atoms with Crippen molar-refractivity contribution in [2.75, 3.05) is 6.54 Å². The van der Waals surface area contributed by atoms with Crippen molar-refractivity contribution in [3.05, 3.63) is 39.8 Å². The maximum absolute atomic E-state index is 12.5. The van der Waals surface area contributed by atoms with E-state index in [9.17, 15) is 8.42 Å². The monoisotopic (exact) mass is 463 g/mol. The smallest absolute Gasteiger partial charge is 0.250 e. The fourth-order valence-corrected chi connectivity index (χ4v) is 6.00. The average molecular weight is 465 g/mol. The lowest BCUT2D eigenvalue weighted by atomic mass is 9.90. The molecule has 0 atom stereocenters. The second-order valence-corrected chi connectivity index (χ2v) is 10.4. The summed E-state index contributed by atoms with van der Waals surface area (Å²) < 4.78 is 34.5. The Balaban J connectivity index is 1.69. The number of sulfonamides is 1. The molecule has 1 N–H and O–H groups in total. The zero-order chi connectivity index (χ0) is 17.9. The van der Waals surface area contributed by atoms with Crippen molar-refractivity contribution in [3.63, 3.8) is 0 Å². The summed E-state index contributed by atoms with van der Waals surface area (Å²) in [6.45, 7) is 0.486. The zero-order valence-electron chi connectivity index (χ0n) is 13.5. The van der Waals surface area contributed by atoms with Gasteiger partial charge in [0.15, 0.2) is 0 Å². The standard InChI is InChI=1S/C17H19BrClNO3S2/c18-13-7-4-8-14(9-13)23-17-15(19)10-16(24-17)25(21,22)20-11-12-5-2-1-3-6-12/h4,7-10,12,20H,1-3,5-6,11H2. The number of thiophene rings is 1. The Bertz CT molecular complexity index is 832. The van der Waals surface area contributed by atoms with E-state index >= 15 is 0 Å². The number of rotatable bonds is 6. The molecular formula is C17H19BrClNO3S2. The average Bonchev–Trinajstić information content (AvgIpc) is 2.96. The van der Waals surface area contributed by atoms with E-state index < -0.39 is 10.0 Å². The third kappa shape index (κ3) is 5.20. The minimum Gasteiger partial charge on any atom is -0.445 e. The topological polar surface area (TPSA) is 55.4 Å². The van der Waals surface area contributed by atoms with E-state index in [0.717, 1.165) is 28.7 Å². The molecule has 1 heterocycles. The van der Waals surface area contributed by atoms with Crippen molar-refractivity contribution < 1.29 is 13.2 Å². The van der Waals surface area contributed by atoms with Gasteiger partial charge in [0.25, 0.3) is 0 Å². The van der Waals surface area contributed by atoms with Crippen molar-refractivity contribution in [1.29, 1.82) is 0 Å². The molecule has 0 saturated heterocycles. The summed E-state index contributed by atoms with van der Waals surface area (Å²) in [5.41, 5.74) is 0. The number of ether oxygens (including phenoxy) is 1. The Kier molecular flexibility index (Phi) is 6.44. The van der Waals surface area contributed by atoms with Gasteiger partial charge in [0.05, 0.1) is 5.02 Å². The van der Waals surface area contributed by atoms with Gasteiger partial charge in [-0.05, 0) is 43.0 Å². The molecule has 3 rings (SSSR count). The molecule has 1 aromatic carbocycles. The summed E-state index contributed by atoms with van der Waals surface area (Å²) in [4.78, 5) is 0. The molecule has 1 aromatic heterocycles. The Morgan fingerprint density at radius 1 is 1.24 bits per heavy atom. The van der Waals surface area contributed by atoms with Crippen LogP contribution in [0.1, 0.15) is 32.1 Å². The maximum atomic E-state index is 12.5. The molecule has 4 nitrogen and oxygen atoms in total. The van der Waals surface area contributed by atoms with Crippen molar-refractivity contribution in [2.45, 2.75) is 36.3 Å². The first kappa shape index (κ1) is 19.2. The van der Waals surface area contributed by atoms with Crippen LogP contribution in [0, 0.1) is 5.92 Å². The van der Waals surface area contributed by atoms with E-state index in [1.807, 2.05) is 12.1 Å². The van der Waals surface area contributed by atoms with Crippen LogP contribution in [0.15, 0.2) is 39.0 Å².